The van der Waals surface area contributed by atoms with Crippen LogP contribution in [-0.2, 0) is 0 Å². The van der Waals surface area contributed by atoms with E-state index >= 15 is 0 Å². The van der Waals surface area contributed by atoms with E-state index in [0.29, 0.717) is 5.69 Å². The number of rotatable bonds is 1. The van der Waals surface area contributed by atoms with Gasteiger partial charge >= 0.3 is 0 Å². The molecule has 16 heavy (non-hydrogen) atoms. The second-order valence-electron chi connectivity index (χ2n) is 3.63. The standard InChI is InChI=1S/C11H11N3O2/c1-6-3-7(2)10(12-5-6)11-13-8(15)4-9(16)14-11/h3-5H,1-2H3,(H2,13,14,15,16). The maximum Gasteiger partial charge on any atom is 0.255 e. The van der Waals surface area contributed by atoms with E-state index < -0.39 is 5.56 Å². The van der Waals surface area contributed by atoms with E-state index in [0.717, 1.165) is 17.2 Å². The Morgan fingerprint density at radius 3 is 2.69 bits per heavy atom. The first-order valence-corrected chi connectivity index (χ1v) is 4.80. The van der Waals surface area contributed by atoms with Crippen molar-refractivity contribution in [3.8, 4) is 17.4 Å². The Kier molecular flexibility index (Phi) is 2.44. The van der Waals surface area contributed by atoms with Gasteiger partial charge in [0.05, 0.1) is 6.07 Å². The van der Waals surface area contributed by atoms with Crippen LogP contribution in [0.15, 0.2) is 23.1 Å². The molecule has 0 aliphatic rings. The van der Waals surface area contributed by atoms with Crippen LogP contribution in [-0.4, -0.2) is 20.1 Å². The largest absolute Gasteiger partial charge is 0.493 e. The Balaban J connectivity index is 2.63. The molecule has 2 aromatic heterocycles. The number of aryl methyl sites for hydroxylation is 2. The summed E-state index contributed by atoms with van der Waals surface area (Å²) in [5.41, 5.74) is 2.10. The van der Waals surface area contributed by atoms with E-state index in [1.165, 1.54) is 0 Å². The fraction of sp³-hybridized carbons (Fsp3) is 0.182. The molecule has 2 aromatic rings. The normalized spacial score (nSPS) is 10.4. The maximum absolute atomic E-state index is 11.2. The van der Waals surface area contributed by atoms with Crippen LogP contribution in [0.5, 0.6) is 5.88 Å². The molecule has 0 atom stereocenters. The first kappa shape index (κ1) is 10.4. The summed E-state index contributed by atoms with van der Waals surface area (Å²) in [6.45, 7) is 3.81. The highest BCUT2D eigenvalue weighted by atomic mass is 16.3. The van der Waals surface area contributed by atoms with Crippen molar-refractivity contribution in [3.63, 3.8) is 0 Å². The molecule has 0 spiro atoms. The van der Waals surface area contributed by atoms with Crippen LogP contribution in [0.25, 0.3) is 11.5 Å². The quantitative estimate of drug-likeness (QED) is 0.751. The number of aromatic amines is 1. The van der Waals surface area contributed by atoms with Crippen molar-refractivity contribution in [2.75, 3.05) is 0 Å². The predicted octanol–water partition coefficient (Wildman–Crippen LogP) is 1.15. The molecule has 5 nitrogen and oxygen atoms in total. The van der Waals surface area contributed by atoms with Crippen LogP contribution >= 0.6 is 0 Å². The minimum atomic E-state index is -0.399. The Bertz CT molecular complexity index is 590. The number of hydrogen-bond donors (Lipinski definition) is 2. The fourth-order valence-electron chi connectivity index (χ4n) is 1.52. The summed E-state index contributed by atoms with van der Waals surface area (Å²) < 4.78 is 0. The second-order valence-corrected chi connectivity index (χ2v) is 3.63. The molecule has 0 fully saturated rings. The van der Waals surface area contributed by atoms with Crippen molar-refractivity contribution >= 4 is 0 Å². The van der Waals surface area contributed by atoms with Gasteiger partial charge in [-0.1, -0.05) is 6.07 Å². The Labute approximate surface area is 91.8 Å². The van der Waals surface area contributed by atoms with E-state index in [1.54, 1.807) is 6.20 Å². The summed E-state index contributed by atoms with van der Waals surface area (Å²) in [5.74, 6) is -0.0250. The zero-order chi connectivity index (χ0) is 11.7. The smallest absolute Gasteiger partial charge is 0.255 e. The molecule has 2 rings (SSSR count). The number of aromatic hydroxyl groups is 1. The van der Waals surface area contributed by atoms with Gasteiger partial charge in [-0.15, -0.1) is 0 Å². The zero-order valence-electron chi connectivity index (χ0n) is 8.98. The summed E-state index contributed by atoms with van der Waals surface area (Å²) >= 11 is 0. The highest BCUT2D eigenvalue weighted by Gasteiger charge is 2.07. The molecule has 0 bridgehead atoms. The highest BCUT2D eigenvalue weighted by molar-refractivity contribution is 5.54. The van der Waals surface area contributed by atoms with E-state index in [4.69, 9.17) is 0 Å². The van der Waals surface area contributed by atoms with Crippen LogP contribution in [0.4, 0.5) is 0 Å². The van der Waals surface area contributed by atoms with E-state index in [9.17, 15) is 9.90 Å². The van der Waals surface area contributed by atoms with Gasteiger partial charge in [0.25, 0.3) is 5.56 Å². The van der Waals surface area contributed by atoms with Gasteiger partial charge in [0.1, 0.15) is 5.69 Å². The monoisotopic (exact) mass is 217 g/mol. The lowest BCUT2D eigenvalue weighted by Crippen LogP contribution is -2.08. The molecule has 0 aromatic carbocycles. The molecule has 82 valence electrons. The number of hydrogen-bond acceptors (Lipinski definition) is 4. The summed E-state index contributed by atoms with van der Waals surface area (Å²) in [4.78, 5) is 21.7. The molecular weight excluding hydrogens is 206 g/mol. The molecule has 0 saturated heterocycles. The van der Waals surface area contributed by atoms with Crippen LogP contribution in [0.1, 0.15) is 11.1 Å². The van der Waals surface area contributed by atoms with Crippen LogP contribution in [0.3, 0.4) is 0 Å². The lowest BCUT2D eigenvalue weighted by atomic mass is 10.1. The van der Waals surface area contributed by atoms with Crippen molar-refractivity contribution < 1.29 is 5.11 Å². The highest BCUT2D eigenvalue weighted by Crippen LogP contribution is 2.17. The van der Waals surface area contributed by atoms with Crippen molar-refractivity contribution in [1.29, 1.82) is 0 Å². The third kappa shape index (κ3) is 1.93. The van der Waals surface area contributed by atoms with Crippen LogP contribution < -0.4 is 5.56 Å². The summed E-state index contributed by atoms with van der Waals surface area (Å²) in [5, 5.41) is 9.24. The SMILES string of the molecule is Cc1cnc(-c2nc(O)cc(=O)[nH]2)c(C)c1. The van der Waals surface area contributed by atoms with Gasteiger partial charge in [-0.25, -0.2) is 0 Å². The molecule has 0 unspecified atom stereocenters. The van der Waals surface area contributed by atoms with Gasteiger partial charge in [-0.3, -0.25) is 9.78 Å². The van der Waals surface area contributed by atoms with Gasteiger partial charge in [0.15, 0.2) is 5.82 Å². The Hall–Kier alpha value is -2.17. The zero-order valence-corrected chi connectivity index (χ0v) is 8.98. The number of nitrogens with zero attached hydrogens (tertiary/aromatic N) is 2. The average Bonchev–Trinajstić information content (AvgIpc) is 2.15. The topological polar surface area (TPSA) is 78.9 Å². The third-order valence-corrected chi connectivity index (χ3v) is 2.17. The number of pyridine rings is 1. The maximum atomic E-state index is 11.2. The van der Waals surface area contributed by atoms with Gasteiger partial charge < -0.3 is 10.1 Å². The molecule has 2 N–H and O–H groups in total. The molecule has 5 heteroatoms. The second kappa shape index (κ2) is 3.77. The lowest BCUT2D eigenvalue weighted by molar-refractivity contribution is 0.452. The van der Waals surface area contributed by atoms with Crippen LogP contribution in [0.2, 0.25) is 0 Å². The van der Waals surface area contributed by atoms with Crippen molar-refractivity contribution in [2.24, 2.45) is 0 Å². The summed E-state index contributed by atoms with van der Waals surface area (Å²) in [6.07, 6.45) is 1.69. The average molecular weight is 217 g/mol. The van der Waals surface area contributed by atoms with E-state index in [-0.39, 0.29) is 11.7 Å². The molecule has 0 aliphatic heterocycles. The molecular formula is C11H11N3O2. The number of aromatic nitrogens is 3. The van der Waals surface area contributed by atoms with Gasteiger partial charge in [-0.05, 0) is 25.0 Å². The minimum absolute atomic E-state index is 0.280. The van der Waals surface area contributed by atoms with Crippen molar-refractivity contribution in [1.82, 2.24) is 15.0 Å². The lowest BCUT2D eigenvalue weighted by Gasteiger charge is -2.04. The molecule has 2 heterocycles. The number of H-pyrrole nitrogens is 1. The van der Waals surface area contributed by atoms with Gasteiger partial charge in [0.2, 0.25) is 5.88 Å². The number of nitrogens with one attached hydrogen (secondary N) is 1. The summed E-state index contributed by atoms with van der Waals surface area (Å²) in [6, 6.07) is 2.96. The first-order valence-electron chi connectivity index (χ1n) is 4.80. The first-order chi connectivity index (χ1) is 7.56. The Morgan fingerprint density at radius 2 is 2.06 bits per heavy atom. The third-order valence-electron chi connectivity index (χ3n) is 2.17. The predicted molar refractivity (Wildman–Crippen MR) is 59.2 cm³/mol. The van der Waals surface area contributed by atoms with E-state index in [2.05, 4.69) is 15.0 Å². The van der Waals surface area contributed by atoms with Gasteiger partial charge in [0, 0.05) is 6.20 Å². The van der Waals surface area contributed by atoms with E-state index in [1.807, 2.05) is 19.9 Å². The van der Waals surface area contributed by atoms with Crippen LogP contribution in [0, 0.1) is 13.8 Å². The summed E-state index contributed by atoms with van der Waals surface area (Å²) in [7, 11) is 0. The van der Waals surface area contributed by atoms with Gasteiger partial charge in [-0.2, -0.15) is 4.98 Å². The van der Waals surface area contributed by atoms with Crippen molar-refractivity contribution in [2.45, 2.75) is 13.8 Å². The fourth-order valence-corrected chi connectivity index (χ4v) is 1.52. The molecule has 0 radical (unpaired) electrons. The molecule has 0 amide bonds. The minimum Gasteiger partial charge on any atom is -0.493 e. The Morgan fingerprint density at radius 1 is 1.31 bits per heavy atom. The van der Waals surface area contributed by atoms with Crippen molar-refractivity contribution in [3.05, 3.63) is 39.8 Å². The molecule has 0 aliphatic carbocycles. The molecule has 0 saturated carbocycles.